The number of amides is 2. The van der Waals surface area contributed by atoms with Crippen LogP contribution in [0.15, 0.2) is 53.4 Å². The minimum Gasteiger partial charge on any atom is -0.467 e. The number of carbonyl (C=O) groups excluding carboxylic acids is 2. The average Bonchev–Trinajstić information content (AvgIpc) is 3.61. The molecule has 0 saturated carbocycles. The molecule has 0 fully saturated rings. The molecule has 0 spiro atoms. The molecule has 1 atom stereocenters. The van der Waals surface area contributed by atoms with Crippen LogP contribution in [-0.4, -0.2) is 40.9 Å². The Bertz CT molecular complexity index is 1590. The fourth-order valence-electron chi connectivity index (χ4n) is 5.00. The molecule has 4 aromatic heterocycles. The molecule has 0 unspecified atom stereocenters. The molecule has 0 bridgehead atoms. The Balaban J connectivity index is 1.49. The van der Waals surface area contributed by atoms with Crippen molar-refractivity contribution >= 4 is 28.5 Å². The summed E-state index contributed by atoms with van der Waals surface area (Å²) < 4.78 is 9.29. The van der Waals surface area contributed by atoms with Gasteiger partial charge in [0.15, 0.2) is 11.5 Å². The number of aryl methyl sites for hydroxylation is 1. The van der Waals surface area contributed by atoms with E-state index in [0.717, 1.165) is 28.1 Å². The van der Waals surface area contributed by atoms with E-state index in [1.807, 2.05) is 39.8 Å². The molecule has 5 aromatic rings. The molecule has 1 aliphatic heterocycles. The number of aromatic nitrogens is 5. The predicted molar refractivity (Wildman–Crippen MR) is 128 cm³/mol. The molecule has 2 amide bonds. The largest absolute Gasteiger partial charge is 0.467 e. The van der Waals surface area contributed by atoms with Gasteiger partial charge in [0.05, 0.1) is 29.3 Å². The summed E-state index contributed by atoms with van der Waals surface area (Å²) in [7, 11) is 0. The van der Waals surface area contributed by atoms with Crippen LogP contribution in [0.5, 0.6) is 0 Å². The zero-order chi connectivity index (χ0) is 24.4. The van der Waals surface area contributed by atoms with Crippen molar-refractivity contribution in [2.24, 2.45) is 5.92 Å². The number of hydrogen-bond acceptors (Lipinski definition) is 6. The Labute approximate surface area is 201 Å². The van der Waals surface area contributed by atoms with Gasteiger partial charge in [0.25, 0.3) is 11.8 Å². The van der Waals surface area contributed by atoms with E-state index in [-0.39, 0.29) is 17.7 Å². The van der Waals surface area contributed by atoms with Crippen molar-refractivity contribution in [3.63, 3.8) is 0 Å². The normalized spacial score (nSPS) is 14.6. The molecule has 9 nitrogen and oxygen atoms in total. The monoisotopic (exact) mass is 468 g/mol. The summed E-state index contributed by atoms with van der Waals surface area (Å²) in [6.07, 6.45) is 3.29. The van der Waals surface area contributed by atoms with Crippen LogP contribution in [0.2, 0.25) is 0 Å². The van der Waals surface area contributed by atoms with Crippen molar-refractivity contribution in [1.29, 1.82) is 0 Å². The lowest BCUT2D eigenvalue weighted by atomic mass is 10.0. The van der Waals surface area contributed by atoms with Crippen LogP contribution in [0.25, 0.3) is 16.7 Å². The van der Waals surface area contributed by atoms with E-state index in [4.69, 9.17) is 9.40 Å². The standard InChI is InChI=1S/C26H24N6O3/c1-14(2)21(32-25(33)18-9-5-6-10-19(18)26(32)34)22-28-24-20-15(3)16(4)30(12-17-8-7-11-35-17)23(20)27-13-31(24)29-22/h5-11,13-14,21H,12H2,1-4H3/t21-/m0/s1. The van der Waals surface area contributed by atoms with Crippen molar-refractivity contribution in [2.75, 3.05) is 0 Å². The maximum absolute atomic E-state index is 13.2. The Morgan fingerprint density at radius 1 is 0.971 bits per heavy atom. The Kier molecular flexibility index (Phi) is 4.64. The molecular formula is C26H24N6O3. The second-order valence-corrected chi connectivity index (χ2v) is 9.27. The van der Waals surface area contributed by atoms with Crippen LogP contribution in [0.1, 0.15) is 63.4 Å². The molecule has 176 valence electrons. The Morgan fingerprint density at radius 3 is 2.31 bits per heavy atom. The Hall–Kier alpha value is -4.27. The third kappa shape index (κ3) is 3.04. The maximum atomic E-state index is 13.2. The zero-order valence-corrected chi connectivity index (χ0v) is 19.9. The lowest BCUT2D eigenvalue weighted by molar-refractivity contribution is 0.0529. The van der Waals surface area contributed by atoms with Gasteiger partial charge in [-0.05, 0) is 49.6 Å². The fraction of sp³-hybridized carbons (Fsp3) is 0.269. The number of fused-ring (bicyclic) bond motifs is 4. The second-order valence-electron chi connectivity index (χ2n) is 9.27. The highest BCUT2D eigenvalue weighted by Gasteiger charge is 2.43. The third-order valence-corrected chi connectivity index (χ3v) is 6.86. The van der Waals surface area contributed by atoms with E-state index < -0.39 is 6.04 Å². The molecule has 0 radical (unpaired) electrons. The average molecular weight is 469 g/mol. The first kappa shape index (κ1) is 21.3. The summed E-state index contributed by atoms with van der Waals surface area (Å²) in [5, 5.41) is 5.57. The van der Waals surface area contributed by atoms with Gasteiger partial charge in [-0.25, -0.2) is 14.5 Å². The minimum absolute atomic E-state index is 0.0931. The second kappa shape index (κ2) is 7.63. The zero-order valence-electron chi connectivity index (χ0n) is 19.9. The van der Waals surface area contributed by atoms with Gasteiger partial charge in [-0.2, -0.15) is 0 Å². The van der Waals surface area contributed by atoms with E-state index in [1.165, 1.54) is 4.90 Å². The van der Waals surface area contributed by atoms with Gasteiger partial charge in [0, 0.05) is 5.69 Å². The van der Waals surface area contributed by atoms with Crippen molar-refractivity contribution in [3.8, 4) is 0 Å². The SMILES string of the molecule is Cc1c(C)n(Cc2ccco2)c2ncn3nc([C@H](C(C)C)N4C(=O)c5ccccc5C4=O)nc3c12. The molecule has 1 aliphatic rings. The molecule has 5 heterocycles. The number of carbonyl (C=O) groups is 2. The third-order valence-electron chi connectivity index (χ3n) is 6.86. The topological polar surface area (TPSA) is 98.5 Å². The fourth-order valence-corrected chi connectivity index (χ4v) is 5.00. The van der Waals surface area contributed by atoms with E-state index in [1.54, 1.807) is 41.4 Å². The quantitative estimate of drug-likeness (QED) is 0.356. The van der Waals surface area contributed by atoms with E-state index >= 15 is 0 Å². The number of hydrogen-bond donors (Lipinski definition) is 0. The molecule has 6 rings (SSSR count). The molecule has 9 heteroatoms. The van der Waals surface area contributed by atoms with Crippen LogP contribution in [0, 0.1) is 19.8 Å². The van der Waals surface area contributed by atoms with Crippen LogP contribution < -0.4 is 0 Å². The van der Waals surface area contributed by atoms with Gasteiger partial charge in [0.2, 0.25) is 0 Å². The van der Waals surface area contributed by atoms with Crippen molar-refractivity contribution in [2.45, 2.75) is 40.3 Å². The molecule has 0 N–H and O–H groups in total. The van der Waals surface area contributed by atoms with Crippen LogP contribution >= 0.6 is 0 Å². The van der Waals surface area contributed by atoms with Crippen LogP contribution in [-0.2, 0) is 6.54 Å². The summed E-state index contributed by atoms with van der Waals surface area (Å²) in [6, 6.07) is 10.1. The van der Waals surface area contributed by atoms with Gasteiger partial charge in [0.1, 0.15) is 23.8 Å². The lowest BCUT2D eigenvalue weighted by Gasteiger charge is -2.26. The van der Waals surface area contributed by atoms with Gasteiger partial charge in [-0.1, -0.05) is 26.0 Å². The highest BCUT2D eigenvalue weighted by Crippen LogP contribution is 2.36. The van der Waals surface area contributed by atoms with Crippen LogP contribution in [0.4, 0.5) is 0 Å². The summed E-state index contributed by atoms with van der Waals surface area (Å²) in [6.45, 7) is 8.56. The lowest BCUT2D eigenvalue weighted by Crippen LogP contribution is -2.37. The highest BCUT2D eigenvalue weighted by atomic mass is 16.3. The van der Waals surface area contributed by atoms with E-state index in [0.29, 0.717) is 29.1 Å². The van der Waals surface area contributed by atoms with Gasteiger partial charge in [-0.15, -0.1) is 5.10 Å². The van der Waals surface area contributed by atoms with Gasteiger partial charge >= 0.3 is 0 Å². The molecule has 1 aromatic carbocycles. The predicted octanol–water partition coefficient (Wildman–Crippen LogP) is 4.33. The number of imide groups is 1. The van der Waals surface area contributed by atoms with Gasteiger partial charge in [-0.3, -0.25) is 14.5 Å². The first-order valence-corrected chi connectivity index (χ1v) is 11.6. The molecule has 0 saturated heterocycles. The van der Waals surface area contributed by atoms with Crippen molar-refractivity contribution in [3.05, 3.63) is 83.0 Å². The minimum atomic E-state index is -0.607. The molecule has 0 aliphatic carbocycles. The van der Waals surface area contributed by atoms with E-state index in [9.17, 15) is 9.59 Å². The van der Waals surface area contributed by atoms with E-state index in [2.05, 4.69) is 14.6 Å². The smallest absolute Gasteiger partial charge is 0.262 e. The first-order chi connectivity index (χ1) is 16.9. The molecular weight excluding hydrogens is 444 g/mol. The Morgan fingerprint density at radius 2 is 1.69 bits per heavy atom. The van der Waals surface area contributed by atoms with Gasteiger partial charge < -0.3 is 8.98 Å². The van der Waals surface area contributed by atoms with Crippen molar-refractivity contribution in [1.82, 2.24) is 29.0 Å². The molecule has 35 heavy (non-hydrogen) atoms. The summed E-state index contributed by atoms with van der Waals surface area (Å²) in [5.74, 6) is 0.523. The number of benzene rings is 1. The summed E-state index contributed by atoms with van der Waals surface area (Å²) in [4.78, 5) is 37.3. The summed E-state index contributed by atoms with van der Waals surface area (Å²) in [5.41, 5.74) is 4.36. The highest BCUT2D eigenvalue weighted by molar-refractivity contribution is 6.21. The number of furan rings is 1. The van der Waals surface area contributed by atoms with Crippen molar-refractivity contribution < 1.29 is 14.0 Å². The number of rotatable bonds is 5. The maximum Gasteiger partial charge on any atom is 0.262 e. The first-order valence-electron chi connectivity index (χ1n) is 11.6. The summed E-state index contributed by atoms with van der Waals surface area (Å²) >= 11 is 0. The van der Waals surface area contributed by atoms with Crippen LogP contribution in [0.3, 0.4) is 0 Å². The number of nitrogens with zero attached hydrogens (tertiary/aromatic N) is 6.